The van der Waals surface area contributed by atoms with Crippen molar-refractivity contribution in [3.8, 4) is 5.75 Å². The minimum Gasteiger partial charge on any atom is -0.496 e. The molecule has 1 saturated heterocycles. The highest BCUT2D eigenvalue weighted by atomic mass is 32.2. The van der Waals surface area contributed by atoms with Gasteiger partial charge in [0.25, 0.3) is 0 Å². The summed E-state index contributed by atoms with van der Waals surface area (Å²) >= 11 is 1.59. The van der Waals surface area contributed by atoms with E-state index in [0.717, 1.165) is 16.2 Å². The highest BCUT2D eigenvalue weighted by Crippen LogP contribution is 2.26. The summed E-state index contributed by atoms with van der Waals surface area (Å²) in [5.41, 5.74) is 0.913. The zero-order valence-electron chi connectivity index (χ0n) is 14.1. The zero-order chi connectivity index (χ0) is 17.9. The molecule has 0 N–H and O–H groups in total. The number of para-hydroxylation sites is 1. The molecule has 1 fully saturated rings. The minimum atomic E-state index is -3.09. The molecule has 1 atom stereocenters. The first-order valence-electron chi connectivity index (χ1n) is 8.12. The Bertz CT molecular complexity index is 831. The number of methoxy groups -OCH3 is 1. The van der Waals surface area contributed by atoms with Gasteiger partial charge in [-0.3, -0.25) is 4.79 Å². The van der Waals surface area contributed by atoms with Gasteiger partial charge in [0.05, 0.1) is 31.1 Å². The van der Waals surface area contributed by atoms with Gasteiger partial charge in [0.1, 0.15) is 5.75 Å². The molecule has 1 aromatic carbocycles. The van der Waals surface area contributed by atoms with Crippen LogP contribution < -0.4 is 4.74 Å². The predicted octanol–water partition coefficient (Wildman–Crippen LogP) is 2.72. The first-order valence-corrected chi connectivity index (χ1v) is 10.8. The lowest BCUT2D eigenvalue weighted by atomic mass is 10.1. The number of sulfone groups is 1. The lowest BCUT2D eigenvalue weighted by Gasteiger charge is -2.25. The maximum atomic E-state index is 13.0. The SMILES string of the molecule is COc1ccccc1CN(Cc1cccs1)C(=O)C1CCS(=O)(=O)C1. The molecule has 0 aliphatic carbocycles. The van der Waals surface area contributed by atoms with Gasteiger partial charge in [-0.2, -0.15) is 0 Å². The van der Waals surface area contributed by atoms with Gasteiger partial charge in [-0.05, 0) is 23.9 Å². The fourth-order valence-electron chi connectivity index (χ4n) is 3.09. The number of ether oxygens (including phenoxy) is 1. The van der Waals surface area contributed by atoms with Crippen molar-refractivity contribution in [1.29, 1.82) is 0 Å². The van der Waals surface area contributed by atoms with Crippen molar-refractivity contribution < 1.29 is 17.9 Å². The van der Waals surface area contributed by atoms with Crippen LogP contribution in [0.1, 0.15) is 16.9 Å². The second kappa shape index (κ2) is 7.58. The van der Waals surface area contributed by atoms with Gasteiger partial charge < -0.3 is 9.64 Å². The molecule has 1 aliphatic rings. The topological polar surface area (TPSA) is 63.7 Å². The predicted molar refractivity (Wildman–Crippen MR) is 98.3 cm³/mol. The van der Waals surface area contributed by atoms with Crippen molar-refractivity contribution in [3.63, 3.8) is 0 Å². The van der Waals surface area contributed by atoms with Gasteiger partial charge in [0, 0.05) is 17.0 Å². The molecule has 2 heterocycles. The Morgan fingerprint density at radius 2 is 2.04 bits per heavy atom. The van der Waals surface area contributed by atoms with E-state index in [0.29, 0.717) is 19.5 Å². The van der Waals surface area contributed by atoms with Crippen LogP contribution in [0.25, 0.3) is 0 Å². The third kappa shape index (κ3) is 4.41. The van der Waals surface area contributed by atoms with Crippen molar-refractivity contribution in [2.45, 2.75) is 19.5 Å². The summed E-state index contributed by atoms with van der Waals surface area (Å²) in [6, 6.07) is 11.5. The van der Waals surface area contributed by atoms with Gasteiger partial charge in [0.2, 0.25) is 5.91 Å². The number of hydrogen-bond acceptors (Lipinski definition) is 5. The Hall–Kier alpha value is -1.86. The maximum Gasteiger partial charge on any atom is 0.227 e. The standard InChI is InChI=1S/C18H21NO4S2/c1-23-17-7-3-2-5-14(17)11-19(12-16-6-4-9-24-16)18(20)15-8-10-25(21,22)13-15/h2-7,9,15H,8,10-13H2,1H3. The minimum absolute atomic E-state index is 0.0430. The Kier molecular flexibility index (Phi) is 5.44. The first-order chi connectivity index (χ1) is 12.0. The summed E-state index contributed by atoms with van der Waals surface area (Å²) in [4.78, 5) is 15.8. The van der Waals surface area contributed by atoms with E-state index in [9.17, 15) is 13.2 Å². The molecule has 5 nitrogen and oxygen atoms in total. The number of rotatable bonds is 6. The maximum absolute atomic E-state index is 13.0. The number of carbonyl (C=O) groups is 1. The molecule has 7 heteroatoms. The van der Waals surface area contributed by atoms with E-state index >= 15 is 0 Å². The highest BCUT2D eigenvalue weighted by Gasteiger charge is 2.35. The third-order valence-electron chi connectivity index (χ3n) is 4.37. The summed E-state index contributed by atoms with van der Waals surface area (Å²) in [7, 11) is -1.49. The number of hydrogen-bond donors (Lipinski definition) is 0. The fourth-order valence-corrected chi connectivity index (χ4v) is 5.54. The van der Waals surface area contributed by atoms with E-state index in [2.05, 4.69) is 0 Å². The molecule has 1 amide bonds. The largest absolute Gasteiger partial charge is 0.496 e. The second-order valence-electron chi connectivity index (χ2n) is 6.19. The van der Waals surface area contributed by atoms with E-state index in [1.54, 1.807) is 23.3 Å². The van der Waals surface area contributed by atoms with Crippen LogP contribution in [0.5, 0.6) is 5.75 Å². The quantitative estimate of drug-likeness (QED) is 0.774. The Labute approximate surface area is 152 Å². The molecule has 0 bridgehead atoms. The summed E-state index contributed by atoms with van der Waals surface area (Å²) < 4.78 is 28.9. The van der Waals surface area contributed by atoms with Crippen LogP contribution in [-0.4, -0.2) is 37.8 Å². The van der Waals surface area contributed by atoms with Crippen molar-refractivity contribution in [1.82, 2.24) is 4.90 Å². The van der Waals surface area contributed by atoms with Crippen LogP contribution >= 0.6 is 11.3 Å². The third-order valence-corrected chi connectivity index (χ3v) is 7.00. The Morgan fingerprint density at radius 1 is 1.24 bits per heavy atom. The van der Waals surface area contributed by atoms with Crippen LogP contribution in [0.2, 0.25) is 0 Å². The fraction of sp³-hybridized carbons (Fsp3) is 0.389. The molecule has 0 saturated carbocycles. The number of thiophene rings is 1. The zero-order valence-corrected chi connectivity index (χ0v) is 15.7. The Morgan fingerprint density at radius 3 is 2.68 bits per heavy atom. The molecule has 3 rings (SSSR count). The van der Waals surface area contributed by atoms with E-state index in [1.165, 1.54) is 0 Å². The van der Waals surface area contributed by atoms with Crippen LogP contribution in [0.4, 0.5) is 0 Å². The van der Waals surface area contributed by atoms with Crippen LogP contribution in [0.3, 0.4) is 0 Å². The number of nitrogens with zero attached hydrogens (tertiary/aromatic N) is 1. The smallest absolute Gasteiger partial charge is 0.227 e. The van der Waals surface area contributed by atoms with Crippen LogP contribution in [-0.2, 0) is 27.7 Å². The number of carbonyl (C=O) groups excluding carboxylic acids is 1. The molecule has 0 spiro atoms. The summed E-state index contributed by atoms with van der Waals surface area (Å²) in [6.45, 7) is 0.877. The van der Waals surface area contributed by atoms with E-state index in [4.69, 9.17) is 4.74 Å². The molecule has 25 heavy (non-hydrogen) atoms. The average molecular weight is 380 g/mol. The molecule has 1 unspecified atom stereocenters. The normalized spacial score (nSPS) is 18.8. The van der Waals surface area contributed by atoms with E-state index < -0.39 is 15.8 Å². The van der Waals surface area contributed by atoms with Gasteiger partial charge in [-0.15, -0.1) is 11.3 Å². The Balaban J connectivity index is 1.83. The van der Waals surface area contributed by atoms with Crippen molar-refractivity contribution in [3.05, 3.63) is 52.2 Å². The molecule has 1 aliphatic heterocycles. The van der Waals surface area contributed by atoms with Gasteiger partial charge in [-0.1, -0.05) is 24.3 Å². The highest BCUT2D eigenvalue weighted by molar-refractivity contribution is 7.91. The van der Waals surface area contributed by atoms with Crippen molar-refractivity contribution in [2.24, 2.45) is 5.92 Å². The van der Waals surface area contributed by atoms with Crippen molar-refractivity contribution in [2.75, 3.05) is 18.6 Å². The monoisotopic (exact) mass is 379 g/mol. The summed E-state index contributed by atoms with van der Waals surface area (Å²) in [6.07, 6.45) is 0.411. The van der Waals surface area contributed by atoms with Gasteiger partial charge >= 0.3 is 0 Å². The van der Waals surface area contributed by atoms with E-state index in [1.807, 2.05) is 41.8 Å². The van der Waals surface area contributed by atoms with Gasteiger partial charge in [0.15, 0.2) is 9.84 Å². The molecule has 1 aromatic heterocycles. The number of benzene rings is 1. The van der Waals surface area contributed by atoms with E-state index in [-0.39, 0.29) is 17.4 Å². The molecule has 2 aromatic rings. The first kappa shape index (κ1) is 17.9. The molecular formula is C18H21NO4S2. The summed E-state index contributed by atoms with van der Waals surface area (Å²) in [5.74, 6) is 0.245. The lowest BCUT2D eigenvalue weighted by Crippen LogP contribution is -2.35. The van der Waals surface area contributed by atoms with Gasteiger partial charge in [-0.25, -0.2) is 8.42 Å². The molecule has 134 valence electrons. The second-order valence-corrected chi connectivity index (χ2v) is 9.45. The summed E-state index contributed by atoms with van der Waals surface area (Å²) in [5, 5.41) is 1.97. The average Bonchev–Trinajstić information content (AvgIpc) is 3.23. The van der Waals surface area contributed by atoms with Crippen molar-refractivity contribution >= 4 is 27.1 Å². The molecule has 0 radical (unpaired) electrons. The molecular weight excluding hydrogens is 358 g/mol. The lowest BCUT2D eigenvalue weighted by molar-refractivity contribution is -0.136. The number of amides is 1. The van der Waals surface area contributed by atoms with Crippen LogP contribution in [0, 0.1) is 5.92 Å². The van der Waals surface area contributed by atoms with Crippen LogP contribution in [0.15, 0.2) is 41.8 Å².